The van der Waals surface area contributed by atoms with Gasteiger partial charge in [-0.2, -0.15) is 0 Å². The summed E-state index contributed by atoms with van der Waals surface area (Å²) in [5.74, 6) is -0.445. The van der Waals surface area contributed by atoms with Gasteiger partial charge in [-0.3, -0.25) is 4.79 Å². The number of nitrogens with zero attached hydrogens (tertiary/aromatic N) is 1. The number of piperidine rings is 1. The molecule has 1 N–H and O–H groups in total. The minimum absolute atomic E-state index is 0.0333. The number of amides is 1. The Morgan fingerprint density at radius 2 is 2.04 bits per heavy atom. The minimum Gasteiger partial charge on any atom is -0.356 e. The standard InChI is InChI=1S/C21H29ClN2O3S/c22-20-11-5-4-9-19(20)16-28(26,27)24-14-6-10-18(15-24)21(25)23-13-12-17-7-2-1-3-8-17/h4-5,7,9,11,18H,1-3,6,8,10,12-16H2,(H,23,25)/t18-/m1/s1. The molecule has 1 saturated heterocycles. The maximum Gasteiger partial charge on any atom is 0.224 e. The Bertz CT molecular complexity index is 823. The molecule has 1 heterocycles. The van der Waals surface area contributed by atoms with Crippen LogP contribution in [0.25, 0.3) is 0 Å². The lowest BCUT2D eigenvalue weighted by molar-refractivity contribution is -0.126. The molecule has 28 heavy (non-hydrogen) atoms. The lowest BCUT2D eigenvalue weighted by Crippen LogP contribution is -2.45. The molecule has 1 amide bonds. The largest absolute Gasteiger partial charge is 0.356 e. The van der Waals surface area contributed by atoms with Crippen LogP contribution in [0.4, 0.5) is 0 Å². The average Bonchev–Trinajstić information content (AvgIpc) is 2.70. The van der Waals surface area contributed by atoms with E-state index in [9.17, 15) is 13.2 Å². The summed E-state index contributed by atoms with van der Waals surface area (Å²) in [5, 5.41) is 3.46. The number of carbonyl (C=O) groups is 1. The number of halogens is 1. The number of sulfonamides is 1. The van der Waals surface area contributed by atoms with Gasteiger partial charge < -0.3 is 5.32 Å². The highest BCUT2D eigenvalue weighted by Gasteiger charge is 2.32. The second-order valence-electron chi connectivity index (χ2n) is 7.69. The number of hydrogen-bond acceptors (Lipinski definition) is 3. The molecule has 0 radical (unpaired) electrons. The van der Waals surface area contributed by atoms with Crippen molar-refractivity contribution < 1.29 is 13.2 Å². The van der Waals surface area contributed by atoms with Gasteiger partial charge in [0.15, 0.2) is 0 Å². The van der Waals surface area contributed by atoms with Gasteiger partial charge in [0.05, 0.1) is 11.7 Å². The molecule has 0 unspecified atom stereocenters. The molecule has 1 fully saturated rings. The first kappa shape index (κ1) is 21.3. The third-order valence-electron chi connectivity index (χ3n) is 5.57. The summed E-state index contributed by atoms with van der Waals surface area (Å²) >= 11 is 6.12. The van der Waals surface area contributed by atoms with E-state index in [0.717, 1.165) is 25.7 Å². The Hall–Kier alpha value is -1.37. The molecule has 0 bridgehead atoms. The maximum absolute atomic E-state index is 12.8. The average molecular weight is 425 g/mol. The Balaban J connectivity index is 1.53. The summed E-state index contributed by atoms with van der Waals surface area (Å²) in [6, 6.07) is 6.99. The fraction of sp³-hybridized carbons (Fsp3) is 0.571. The topological polar surface area (TPSA) is 66.5 Å². The third-order valence-corrected chi connectivity index (χ3v) is 7.74. The Morgan fingerprint density at radius 1 is 1.21 bits per heavy atom. The monoisotopic (exact) mass is 424 g/mol. The molecule has 0 saturated carbocycles. The number of hydrogen-bond donors (Lipinski definition) is 1. The molecule has 1 atom stereocenters. The van der Waals surface area contributed by atoms with E-state index >= 15 is 0 Å². The van der Waals surface area contributed by atoms with Gasteiger partial charge in [0.1, 0.15) is 0 Å². The molecule has 1 aromatic carbocycles. The van der Waals surface area contributed by atoms with Crippen molar-refractivity contribution in [3.8, 4) is 0 Å². The van der Waals surface area contributed by atoms with Gasteiger partial charge in [-0.1, -0.05) is 41.4 Å². The first-order chi connectivity index (χ1) is 13.5. The van der Waals surface area contributed by atoms with Crippen molar-refractivity contribution in [2.75, 3.05) is 19.6 Å². The van der Waals surface area contributed by atoms with Crippen molar-refractivity contribution >= 4 is 27.5 Å². The van der Waals surface area contributed by atoms with Crippen LogP contribution in [0.1, 0.15) is 50.5 Å². The predicted octanol–water partition coefficient (Wildman–Crippen LogP) is 3.89. The SMILES string of the molecule is O=C(NCCC1=CCCCC1)[C@@H]1CCCN(S(=O)(=O)Cc2ccccc2Cl)C1. The van der Waals surface area contributed by atoms with Gasteiger partial charge in [0, 0.05) is 24.7 Å². The van der Waals surface area contributed by atoms with E-state index in [2.05, 4.69) is 11.4 Å². The van der Waals surface area contributed by atoms with Crippen LogP contribution in [-0.4, -0.2) is 38.3 Å². The van der Waals surface area contributed by atoms with E-state index in [0.29, 0.717) is 30.1 Å². The number of carbonyl (C=O) groups excluding carboxylic acids is 1. The van der Waals surface area contributed by atoms with Crippen LogP contribution < -0.4 is 5.32 Å². The zero-order chi connectivity index (χ0) is 20.0. The van der Waals surface area contributed by atoms with Crippen molar-refractivity contribution in [3.05, 3.63) is 46.5 Å². The van der Waals surface area contributed by atoms with Crippen LogP contribution in [0.15, 0.2) is 35.9 Å². The molecule has 3 rings (SSSR count). The third kappa shape index (κ3) is 5.82. The highest BCUT2D eigenvalue weighted by molar-refractivity contribution is 7.88. The summed E-state index contributed by atoms with van der Waals surface area (Å²) in [7, 11) is -3.50. The summed E-state index contributed by atoms with van der Waals surface area (Å²) in [6.45, 7) is 1.35. The van der Waals surface area contributed by atoms with Crippen molar-refractivity contribution in [3.63, 3.8) is 0 Å². The predicted molar refractivity (Wildman–Crippen MR) is 113 cm³/mol. The van der Waals surface area contributed by atoms with Crippen molar-refractivity contribution in [1.82, 2.24) is 9.62 Å². The van der Waals surface area contributed by atoms with E-state index in [1.54, 1.807) is 24.3 Å². The van der Waals surface area contributed by atoms with Crippen molar-refractivity contribution in [2.45, 2.75) is 50.7 Å². The summed E-state index contributed by atoms with van der Waals surface area (Å²) in [6.07, 6.45) is 9.39. The van der Waals surface area contributed by atoms with Crippen LogP contribution >= 0.6 is 11.6 Å². The highest BCUT2D eigenvalue weighted by atomic mass is 35.5. The second-order valence-corrected chi connectivity index (χ2v) is 10.1. The van der Waals surface area contributed by atoms with E-state index in [1.807, 2.05) is 0 Å². The molecule has 1 aliphatic carbocycles. The lowest BCUT2D eigenvalue weighted by Gasteiger charge is -2.31. The van der Waals surface area contributed by atoms with Gasteiger partial charge in [0.25, 0.3) is 0 Å². The summed E-state index contributed by atoms with van der Waals surface area (Å²) in [5.41, 5.74) is 2.02. The number of benzene rings is 1. The molecule has 0 aromatic heterocycles. The molecule has 5 nitrogen and oxygen atoms in total. The van der Waals surface area contributed by atoms with Crippen molar-refractivity contribution in [2.24, 2.45) is 5.92 Å². The maximum atomic E-state index is 12.8. The van der Waals surface area contributed by atoms with Gasteiger partial charge in [0.2, 0.25) is 15.9 Å². The number of nitrogens with one attached hydrogen (secondary N) is 1. The molecule has 0 spiro atoms. The van der Waals surface area contributed by atoms with Gasteiger partial charge >= 0.3 is 0 Å². The Morgan fingerprint density at radius 3 is 2.79 bits per heavy atom. The first-order valence-electron chi connectivity index (χ1n) is 10.1. The molecular formula is C21H29ClN2O3S. The van der Waals surface area contributed by atoms with E-state index in [4.69, 9.17) is 11.6 Å². The summed E-state index contributed by atoms with van der Waals surface area (Å²) < 4.78 is 27.1. The quantitative estimate of drug-likeness (QED) is 0.675. The normalized spacial score (nSPS) is 21.2. The van der Waals surface area contributed by atoms with Gasteiger partial charge in [-0.15, -0.1) is 0 Å². The fourth-order valence-electron chi connectivity index (χ4n) is 3.93. The van der Waals surface area contributed by atoms with Crippen LogP contribution in [0.2, 0.25) is 5.02 Å². The smallest absolute Gasteiger partial charge is 0.224 e. The fourth-order valence-corrected chi connectivity index (χ4v) is 5.86. The first-order valence-corrected chi connectivity index (χ1v) is 12.1. The molecular weight excluding hydrogens is 396 g/mol. The molecule has 1 aliphatic heterocycles. The van der Waals surface area contributed by atoms with Gasteiger partial charge in [-0.25, -0.2) is 12.7 Å². The number of allylic oxidation sites excluding steroid dienone is 1. The molecule has 154 valence electrons. The zero-order valence-electron chi connectivity index (χ0n) is 16.2. The van der Waals surface area contributed by atoms with E-state index in [-0.39, 0.29) is 24.1 Å². The highest BCUT2D eigenvalue weighted by Crippen LogP contribution is 2.24. The number of rotatable bonds is 7. The molecule has 1 aromatic rings. The summed E-state index contributed by atoms with van der Waals surface area (Å²) in [4.78, 5) is 12.6. The molecule has 7 heteroatoms. The van der Waals surface area contributed by atoms with Crippen molar-refractivity contribution in [1.29, 1.82) is 0 Å². The molecule has 2 aliphatic rings. The minimum atomic E-state index is -3.50. The van der Waals surface area contributed by atoms with E-state index < -0.39 is 10.0 Å². The lowest BCUT2D eigenvalue weighted by atomic mass is 9.96. The van der Waals surface area contributed by atoms with Gasteiger partial charge in [-0.05, 0) is 56.6 Å². The Labute approximate surface area is 173 Å². The van der Waals surface area contributed by atoms with Crippen LogP contribution in [-0.2, 0) is 20.6 Å². The van der Waals surface area contributed by atoms with E-state index in [1.165, 1.54) is 22.7 Å². The van der Waals surface area contributed by atoms with Crippen LogP contribution in [0.5, 0.6) is 0 Å². The Kier molecular flexibility index (Phi) is 7.55. The van der Waals surface area contributed by atoms with Crippen LogP contribution in [0.3, 0.4) is 0 Å². The zero-order valence-corrected chi connectivity index (χ0v) is 17.8. The second kappa shape index (κ2) is 9.90. The van der Waals surface area contributed by atoms with Crippen LogP contribution in [0, 0.1) is 5.92 Å².